The second-order valence-corrected chi connectivity index (χ2v) is 4.56. The summed E-state index contributed by atoms with van der Waals surface area (Å²) in [5, 5.41) is 9.05. The molecule has 0 saturated carbocycles. The van der Waals surface area contributed by atoms with Crippen molar-refractivity contribution in [1.29, 1.82) is 0 Å². The Hall–Kier alpha value is -2.29. The Bertz CT molecular complexity index is 585. The number of carboxylic acid groups (broad SMARTS) is 1. The molecule has 2 rings (SSSR count). The molecule has 0 bridgehead atoms. The molecule has 0 aliphatic heterocycles. The van der Waals surface area contributed by atoms with Crippen LogP contribution >= 0.6 is 0 Å². The highest BCUT2D eigenvalue weighted by atomic mass is 16.5. The van der Waals surface area contributed by atoms with Gasteiger partial charge in [-0.2, -0.15) is 0 Å². The molecule has 3 nitrogen and oxygen atoms in total. The average Bonchev–Trinajstić information content (AvgIpc) is 2.39. The van der Waals surface area contributed by atoms with Crippen molar-refractivity contribution in [2.24, 2.45) is 0 Å². The molecule has 19 heavy (non-hydrogen) atoms. The van der Waals surface area contributed by atoms with Gasteiger partial charge in [0.25, 0.3) is 0 Å². The first-order valence-corrected chi connectivity index (χ1v) is 6.08. The highest BCUT2D eigenvalue weighted by Gasteiger charge is 2.08. The van der Waals surface area contributed by atoms with E-state index in [9.17, 15) is 4.79 Å². The molecule has 0 radical (unpaired) electrons. The Kier molecular flexibility index (Phi) is 3.85. The highest BCUT2D eigenvalue weighted by Crippen LogP contribution is 2.18. The molecule has 0 aliphatic carbocycles. The minimum Gasteiger partial charge on any atom is -0.489 e. The van der Waals surface area contributed by atoms with Gasteiger partial charge in [0.15, 0.2) is 0 Å². The summed E-state index contributed by atoms with van der Waals surface area (Å²) in [5.41, 5.74) is 3.27. The molecule has 2 aromatic carbocycles. The molecule has 0 fully saturated rings. The van der Waals surface area contributed by atoms with E-state index in [0.29, 0.717) is 12.4 Å². The lowest BCUT2D eigenvalue weighted by Gasteiger charge is -2.08. The number of ether oxygens (including phenoxy) is 1. The van der Waals surface area contributed by atoms with E-state index in [-0.39, 0.29) is 5.56 Å². The molecule has 0 spiro atoms. The van der Waals surface area contributed by atoms with Crippen LogP contribution in [0.5, 0.6) is 5.75 Å². The smallest absolute Gasteiger partial charge is 0.336 e. The van der Waals surface area contributed by atoms with Crippen LogP contribution in [0.25, 0.3) is 0 Å². The first-order chi connectivity index (χ1) is 9.06. The molecule has 0 atom stereocenters. The fraction of sp³-hybridized carbons (Fsp3) is 0.188. The summed E-state index contributed by atoms with van der Waals surface area (Å²) in [6.07, 6.45) is 0. The number of hydrogen-bond donors (Lipinski definition) is 1. The second kappa shape index (κ2) is 5.57. The molecular weight excluding hydrogens is 240 g/mol. The first kappa shape index (κ1) is 13.1. The van der Waals surface area contributed by atoms with E-state index >= 15 is 0 Å². The number of benzene rings is 2. The van der Waals surface area contributed by atoms with Crippen molar-refractivity contribution in [2.45, 2.75) is 20.5 Å². The molecule has 1 N–H and O–H groups in total. The van der Waals surface area contributed by atoms with Crippen molar-refractivity contribution < 1.29 is 14.6 Å². The monoisotopic (exact) mass is 256 g/mol. The third-order valence-corrected chi connectivity index (χ3v) is 2.97. The number of hydrogen-bond acceptors (Lipinski definition) is 2. The van der Waals surface area contributed by atoms with Crippen molar-refractivity contribution in [3.63, 3.8) is 0 Å². The molecule has 98 valence electrons. The largest absolute Gasteiger partial charge is 0.489 e. The molecular formula is C16H16O3. The van der Waals surface area contributed by atoms with Crippen LogP contribution in [0, 0.1) is 13.8 Å². The zero-order valence-electron chi connectivity index (χ0n) is 11.0. The van der Waals surface area contributed by atoms with Gasteiger partial charge in [-0.1, -0.05) is 35.9 Å². The third-order valence-electron chi connectivity index (χ3n) is 2.97. The maximum Gasteiger partial charge on any atom is 0.336 e. The van der Waals surface area contributed by atoms with Crippen molar-refractivity contribution in [3.05, 3.63) is 64.7 Å². The van der Waals surface area contributed by atoms with Crippen LogP contribution in [-0.2, 0) is 6.61 Å². The number of carbonyl (C=O) groups is 1. The van der Waals surface area contributed by atoms with Crippen molar-refractivity contribution in [2.75, 3.05) is 0 Å². The lowest BCUT2D eigenvalue weighted by atomic mass is 10.1. The lowest BCUT2D eigenvalue weighted by Crippen LogP contribution is -2.01. The Morgan fingerprint density at radius 2 is 1.79 bits per heavy atom. The van der Waals surface area contributed by atoms with Gasteiger partial charge >= 0.3 is 5.97 Å². The van der Waals surface area contributed by atoms with Crippen LogP contribution < -0.4 is 4.74 Å². The zero-order valence-corrected chi connectivity index (χ0v) is 11.0. The minimum atomic E-state index is -0.932. The van der Waals surface area contributed by atoms with Gasteiger partial charge in [0.2, 0.25) is 0 Å². The van der Waals surface area contributed by atoms with Crippen LogP contribution in [-0.4, -0.2) is 11.1 Å². The maximum absolute atomic E-state index is 11.0. The summed E-state index contributed by atoms with van der Waals surface area (Å²) in [5.74, 6) is -0.359. The van der Waals surface area contributed by atoms with Crippen molar-refractivity contribution in [3.8, 4) is 5.75 Å². The van der Waals surface area contributed by atoms with E-state index in [1.165, 1.54) is 5.56 Å². The Labute approximate surface area is 112 Å². The summed E-state index contributed by atoms with van der Waals surface area (Å²) in [7, 11) is 0. The normalized spacial score (nSPS) is 10.2. The number of aromatic carboxylic acids is 1. The van der Waals surface area contributed by atoms with Gasteiger partial charge in [-0.3, -0.25) is 0 Å². The molecule has 0 aromatic heterocycles. The Balaban J connectivity index is 2.09. The van der Waals surface area contributed by atoms with E-state index in [2.05, 4.69) is 0 Å². The second-order valence-electron chi connectivity index (χ2n) is 4.56. The van der Waals surface area contributed by atoms with Crippen molar-refractivity contribution in [1.82, 2.24) is 0 Å². The summed E-state index contributed by atoms with van der Waals surface area (Å²) < 4.78 is 5.61. The van der Waals surface area contributed by atoms with Crippen LogP contribution in [0.2, 0.25) is 0 Å². The molecule has 0 amide bonds. The summed E-state index contributed by atoms with van der Waals surface area (Å²) in [6, 6.07) is 13.2. The summed E-state index contributed by atoms with van der Waals surface area (Å²) >= 11 is 0. The number of aryl methyl sites for hydroxylation is 2. The van der Waals surface area contributed by atoms with Gasteiger partial charge in [0.1, 0.15) is 12.4 Å². The topological polar surface area (TPSA) is 46.5 Å². The first-order valence-electron chi connectivity index (χ1n) is 6.08. The van der Waals surface area contributed by atoms with Crippen molar-refractivity contribution >= 4 is 5.97 Å². The van der Waals surface area contributed by atoms with Gasteiger partial charge in [-0.15, -0.1) is 0 Å². The predicted molar refractivity (Wildman–Crippen MR) is 73.6 cm³/mol. The molecule has 2 aromatic rings. The van der Waals surface area contributed by atoms with Gasteiger partial charge in [0, 0.05) is 0 Å². The number of carboxylic acids is 1. The van der Waals surface area contributed by atoms with E-state index < -0.39 is 5.97 Å². The maximum atomic E-state index is 11.0. The fourth-order valence-corrected chi connectivity index (χ4v) is 1.77. The van der Waals surface area contributed by atoms with Gasteiger partial charge in [-0.05, 0) is 37.1 Å². The quantitative estimate of drug-likeness (QED) is 0.909. The van der Waals surface area contributed by atoms with Crippen LogP contribution in [0.1, 0.15) is 27.0 Å². The third kappa shape index (κ3) is 3.35. The Morgan fingerprint density at radius 3 is 2.42 bits per heavy atom. The van der Waals surface area contributed by atoms with E-state index in [1.807, 2.05) is 31.2 Å². The van der Waals surface area contributed by atoms with Gasteiger partial charge in [-0.25, -0.2) is 4.79 Å². The summed E-state index contributed by atoms with van der Waals surface area (Å²) in [6.45, 7) is 4.24. The molecule has 0 heterocycles. The Morgan fingerprint density at radius 1 is 1.11 bits per heavy atom. The van der Waals surface area contributed by atoms with Gasteiger partial charge in [0.05, 0.1) is 5.56 Å². The standard InChI is InChI=1S/C16H16O3/c1-11-3-6-13(7-4-11)10-19-14-8-5-12(2)15(9-14)16(17)18/h3-9H,10H2,1-2H3,(H,17,18). The molecule has 0 aliphatic rings. The fourth-order valence-electron chi connectivity index (χ4n) is 1.77. The van der Waals surface area contributed by atoms with E-state index in [0.717, 1.165) is 11.1 Å². The molecule has 0 unspecified atom stereocenters. The summed E-state index contributed by atoms with van der Waals surface area (Å²) in [4.78, 5) is 11.0. The SMILES string of the molecule is Cc1ccc(COc2ccc(C)c(C(=O)O)c2)cc1. The van der Waals surface area contributed by atoms with Crippen LogP contribution in [0.15, 0.2) is 42.5 Å². The zero-order chi connectivity index (χ0) is 13.8. The predicted octanol–water partition coefficient (Wildman–Crippen LogP) is 3.58. The molecule has 0 saturated heterocycles. The van der Waals surface area contributed by atoms with Crippen LogP contribution in [0.4, 0.5) is 0 Å². The minimum absolute atomic E-state index is 0.279. The van der Waals surface area contributed by atoms with Gasteiger partial charge < -0.3 is 9.84 Å². The number of rotatable bonds is 4. The van der Waals surface area contributed by atoms with Crippen LogP contribution in [0.3, 0.4) is 0 Å². The highest BCUT2D eigenvalue weighted by molar-refractivity contribution is 5.89. The average molecular weight is 256 g/mol. The molecule has 3 heteroatoms. The van der Waals surface area contributed by atoms with E-state index in [4.69, 9.17) is 9.84 Å². The van der Waals surface area contributed by atoms with E-state index in [1.54, 1.807) is 25.1 Å². The lowest BCUT2D eigenvalue weighted by molar-refractivity contribution is 0.0695.